The Hall–Kier alpha value is -2.06. The van der Waals surface area contributed by atoms with Gasteiger partial charge in [-0.15, -0.1) is 11.3 Å². The molecule has 7 heteroatoms. The number of thiophene rings is 1. The molecule has 1 aromatic carbocycles. The number of hydrogen-bond donors (Lipinski definition) is 1. The highest BCUT2D eigenvalue weighted by atomic mass is 32.1. The molecule has 1 fully saturated rings. The quantitative estimate of drug-likeness (QED) is 0.590. The van der Waals surface area contributed by atoms with Crippen LogP contribution in [0, 0.1) is 0 Å². The number of nitrogens with one attached hydrogen (secondary N) is 1. The second kappa shape index (κ2) is 9.83. The molecule has 1 N–H and O–H groups in total. The van der Waals surface area contributed by atoms with Gasteiger partial charge < -0.3 is 15.0 Å². The minimum atomic E-state index is 0.414. The van der Waals surface area contributed by atoms with E-state index >= 15 is 0 Å². The maximum atomic E-state index is 5.30. The predicted molar refractivity (Wildman–Crippen MR) is 125 cm³/mol. The van der Waals surface area contributed by atoms with Crippen molar-refractivity contribution in [2.45, 2.75) is 26.5 Å². The first kappa shape index (κ1) is 21.2. The number of ether oxygens (including phenoxy) is 1. The zero-order valence-corrected chi connectivity index (χ0v) is 18.9. The van der Waals surface area contributed by atoms with Crippen LogP contribution in [-0.4, -0.2) is 72.2 Å². The summed E-state index contributed by atoms with van der Waals surface area (Å²) in [5.74, 6) is 1.63. The van der Waals surface area contributed by atoms with Crippen LogP contribution in [0.1, 0.15) is 19.7 Å². The molecule has 1 unspecified atom stereocenters. The highest BCUT2D eigenvalue weighted by molar-refractivity contribution is 7.17. The van der Waals surface area contributed by atoms with Crippen molar-refractivity contribution < 1.29 is 4.74 Å². The van der Waals surface area contributed by atoms with Crippen LogP contribution in [0.15, 0.2) is 35.7 Å². The molecule has 1 aliphatic heterocycles. The molecule has 0 aliphatic carbocycles. The van der Waals surface area contributed by atoms with Gasteiger partial charge >= 0.3 is 0 Å². The molecule has 3 aromatic rings. The summed E-state index contributed by atoms with van der Waals surface area (Å²) >= 11 is 1.67. The molecule has 30 heavy (non-hydrogen) atoms. The summed E-state index contributed by atoms with van der Waals surface area (Å²) in [5, 5.41) is 6.94. The van der Waals surface area contributed by atoms with E-state index in [4.69, 9.17) is 14.7 Å². The molecule has 0 amide bonds. The molecule has 6 nitrogen and oxygen atoms in total. The van der Waals surface area contributed by atoms with Gasteiger partial charge in [-0.25, -0.2) is 9.97 Å². The van der Waals surface area contributed by atoms with Crippen LogP contribution in [0.25, 0.3) is 21.3 Å². The summed E-state index contributed by atoms with van der Waals surface area (Å²) in [6, 6.07) is 10.9. The SMILES string of the molecule is CCN1CCN(C(C)CNc2nc(COC)nc3scc(-c4ccccc4)c23)CC1. The molecular formula is C23H31N5OS. The third-order valence-electron chi connectivity index (χ3n) is 5.88. The Bertz CT molecular complexity index is 953. The summed E-state index contributed by atoms with van der Waals surface area (Å²) in [6.07, 6.45) is 0. The van der Waals surface area contributed by atoms with Crippen LogP contribution in [0.4, 0.5) is 5.82 Å². The molecule has 0 radical (unpaired) electrons. The minimum absolute atomic E-state index is 0.414. The van der Waals surface area contributed by atoms with Gasteiger partial charge in [-0.05, 0) is 19.0 Å². The minimum Gasteiger partial charge on any atom is -0.377 e. The Labute approximate surface area is 182 Å². The first-order valence-corrected chi connectivity index (χ1v) is 11.6. The number of nitrogens with zero attached hydrogens (tertiary/aromatic N) is 4. The molecule has 0 saturated carbocycles. The maximum Gasteiger partial charge on any atom is 0.158 e. The smallest absolute Gasteiger partial charge is 0.158 e. The van der Waals surface area contributed by atoms with Gasteiger partial charge in [-0.2, -0.15) is 0 Å². The van der Waals surface area contributed by atoms with E-state index in [2.05, 4.69) is 58.6 Å². The van der Waals surface area contributed by atoms with E-state index in [0.29, 0.717) is 12.6 Å². The van der Waals surface area contributed by atoms with Gasteiger partial charge in [0.25, 0.3) is 0 Å². The Morgan fingerprint density at radius 1 is 1.13 bits per heavy atom. The van der Waals surface area contributed by atoms with Crippen molar-refractivity contribution in [1.82, 2.24) is 19.8 Å². The van der Waals surface area contributed by atoms with E-state index in [9.17, 15) is 0 Å². The highest BCUT2D eigenvalue weighted by Crippen LogP contribution is 2.37. The van der Waals surface area contributed by atoms with E-state index in [-0.39, 0.29) is 0 Å². The summed E-state index contributed by atoms with van der Waals surface area (Å²) in [4.78, 5) is 15.6. The second-order valence-electron chi connectivity index (χ2n) is 7.82. The average Bonchev–Trinajstić information content (AvgIpc) is 3.22. The summed E-state index contributed by atoms with van der Waals surface area (Å²) < 4.78 is 5.30. The highest BCUT2D eigenvalue weighted by Gasteiger charge is 2.21. The molecule has 1 saturated heterocycles. The first-order valence-electron chi connectivity index (χ1n) is 10.7. The summed E-state index contributed by atoms with van der Waals surface area (Å²) in [7, 11) is 1.68. The Morgan fingerprint density at radius 2 is 1.90 bits per heavy atom. The van der Waals surface area contributed by atoms with Gasteiger partial charge in [0.05, 0.1) is 5.39 Å². The lowest BCUT2D eigenvalue weighted by molar-refractivity contribution is 0.110. The lowest BCUT2D eigenvalue weighted by Gasteiger charge is -2.37. The number of hydrogen-bond acceptors (Lipinski definition) is 7. The molecule has 1 atom stereocenters. The fraction of sp³-hybridized carbons (Fsp3) is 0.478. The van der Waals surface area contributed by atoms with Crippen LogP contribution in [0.3, 0.4) is 0 Å². The Kier molecular flexibility index (Phi) is 6.94. The van der Waals surface area contributed by atoms with Crippen molar-refractivity contribution >= 4 is 27.4 Å². The monoisotopic (exact) mass is 425 g/mol. The van der Waals surface area contributed by atoms with Crippen molar-refractivity contribution in [3.05, 3.63) is 41.5 Å². The normalized spacial score (nSPS) is 16.8. The van der Waals surface area contributed by atoms with Gasteiger partial charge in [0, 0.05) is 56.8 Å². The Balaban J connectivity index is 1.58. The van der Waals surface area contributed by atoms with Crippen LogP contribution >= 0.6 is 11.3 Å². The van der Waals surface area contributed by atoms with Crippen LogP contribution in [0.2, 0.25) is 0 Å². The van der Waals surface area contributed by atoms with E-state index in [1.807, 2.05) is 6.07 Å². The van der Waals surface area contributed by atoms with E-state index in [1.54, 1.807) is 18.4 Å². The van der Waals surface area contributed by atoms with Crippen molar-refractivity contribution in [3.63, 3.8) is 0 Å². The standard InChI is InChI=1S/C23H31N5OS/c1-4-27-10-12-28(13-11-27)17(2)14-24-22-21-19(18-8-6-5-7-9-18)16-30-23(21)26-20(25-22)15-29-3/h5-9,16-17H,4,10-15H2,1-3H3,(H,24,25,26). The number of rotatable bonds is 8. The lowest BCUT2D eigenvalue weighted by Crippen LogP contribution is -2.51. The molecule has 0 spiro atoms. The third kappa shape index (κ3) is 4.64. The van der Waals surface area contributed by atoms with Crippen LogP contribution in [-0.2, 0) is 11.3 Å². The molecule has 4 rings (SSSR count). The molecule has 3 heterocycles. The van der Waals surface area contributed by atoms with Gasteiger partial charge in [0.15, 0.2) is 5.82 Å². The van der Waals surface area contributed by atoms with Crippen molar-refractivity contribution in [1.29, 1.82) is 0 Å². The number of piperazine rings is 1. The van der Waals surface area contributed by atoms with Crippen LogP contribution in [0.5, 0.6) is 0 Å². The van der Waals surface area contributed by atoms with Crippen molar-refractivity contribution in [3.8, 4) is 11.1 Å². The second-order valence-corrected chi connectivity index (χ2v) is 8.68. The van der Waals surface area contributed by atoms with Gasteiger partial charge in [-0.1, -0.05) is 37.3 Å². The van der Waals surface area contributed by atoms with Gasteiger partial charge in [-0.3, -0.25) is 4.90 Å². The topological polar surface area (TPSA) is 53.5 Å². The maximum absolute atomic E-state index is 5.30. The molecule has 160 valence electrons. The number of fused-ring (bicyclic) bond motifs is 1. The fourth-order valence-corrected chi connectivity index (χ4v) is 5.00. The van der Waals surface area contributed by atoms with E-state index < -0.39 is 0 Å². The molecular weight excluding hydrogens is 394 g/mol. The number of benzene rings is 1. The average molecular weight is 426 g/mol. The number of likely N-dealkylation sites (N-methyl/N-ethyl adjacent to an activating group) is 1. The number of aromatic nitrogens is 2. The molecule has 1 aliphatic rings. The molecule has 0 bridgehead atoms. The zero-order chi connectivity index (χ0) is 20.9. The van der Waals surface area contributed by atoms with Gasteiger partial charge in [0.2, 0.25) is 0 Å². The lowest BCUT2D eigenvalue weighted by atomic mass is 10.1. The summed E-state index contributed by atoms with van der Waals surface area (Å²) in [6.45, 7) is 11.5. The number of anilines is 1. The van der Waals surface area contributed by atoms with Crippen LogP contribution < -0.4 is 5.32 Å². The largest absolute Gasteiger partial charge is 0.377 e. The first-order chi connectivity index (χ1) is 14.7. The van der Waals surface area contributed by atoms with E-state index in [0.717, 1.165) is 61.1 Å². The molecule has 2 aromatic heterocycles. The Morgan fingerprint density at radius 3 is 2.60 bits per heavy atom. The van der Waals surface area contributed by atoms with Crippen molar-refractivity contribution in [2.75, 3.05) is 51.7 Å². The summed E-state index contributed by atoms with van der Waals surface area (Å²) in [5.41, 5.74) is 2.38. The zero-order valence-electron chi connectivity index (χ0n) is 18.1. The van der Waals surface area contributed by atoms with E-state index in [1.165, 1.54) is 11.1 Å². The number of methoxy groups -OCH3 is 1. The van der Waals surface area contributed by atoms with Gasteiger partial charge in [0.1, 0.15) is 17.3 Å². The third-order valence-corrected chi connectivity index (χ3v) is 6.75. The fourth-order valence-electron chi connectivity index (χ4n) is 4.03. The van der Waals surface area contributed by atoms with Crippen molar-refractivity contribution in [2.24, 2.45) is 0 Å². The predicted octanol–water partition coefficient (Wildman–Crippen LogP) is 3.94.